The highest BCUT2D eigenvalue weighted by Crippen LogP contribution is 2.27. The number of aryl methyl sites for hydroxylation is 2. The van der Waals surface area contributed by atoms with Crippen LogP contribution in [0.3, 0.4) is 0 Å². The van der Waals surface area contributed by atoms with E-state index in [9.17, 15) is 4.79 Å². The minimum Gasteiger partial charge on any atom is -0.348 e. The zero-order valence-corrected chi connectivity index (χ0v) is 12.3. The summed E-state index contributed by atoms with van der Waals surface area (Å²) < 4.78 is 2.16. The van der Waals surface area contributed by atoms with Gasteiger partial charge in [0.25, 0.3) is 5.91 Å². The van der Waals surface area contributed by atoms with Gasteiger partial charge >= 0.3 is 0 Å². The van der Waals surface area contributed by atoms with Gasteiger partial charge in [0, 0.05) is 35.5 Å². The minimum atomic E-state index is -0.194. The van der Waals surface area contributed by atoms with Crippen molar-refractivity contribution in [2.75, 3.05) is 5.32 Å². The van der Waals surface area contributed by atoms with Crippen molar-refractivity contribution in [1.82, 2.24) is 9.55 Å². The summed E-state index contributed by atoms with van der Waals surface area (Å²) in [6.07, 6.45) is 1.61. The summed E-state index contributed by atoms with van der Waals surface area (Å²) in [4.78, 5) is 16.2. The number of pyridine rings is 1. The van der Waals surface area contributed by atoms with E-state index >= 15 is 0 Å². The zero-order valence-electron chi connectivity index (χ0n) is 12.3. The summed E-state index contributed by atoms with van der Waals surface area (Å²) in [7, 11) is 2.05. The molecule has 0 bridgehead atoms. The number of aromatic nitrogens is 2. The lowest BCUT2D eigenvalue weighted by Gasteiger charge is -2.05. The molecule has 2 aromatic heterocycles. The molecule has 0 aliphatic carbocycles. The van der Waals surface area contributed by atoms with Gasteiger partial charge in [-0.3, -0.25) is 9.78 Å². The molecule has 1 N–H and O–H groups in total. The molecule has 21 heavy (non-hydrogen) atoms. The van der Waals surface area contributed by atoms with Gasteiger partial charge in [-0.1, -0.05) is 6.07 Å². The molecule has 0 spiro atoms. The van der Waals surface area contributed by atoms with Gasteiger partial charge in [0.05, 0.1) is 0 Å². The van der Waals surface area contributed by atoms with Crippen molar-refractivity contribution in [3.63, 3.8) is 0 Å². The summed E-state index contributed by atoms with van der Waals surface area (Å²) >= 11 is 0. The summed E-state index contributed by atoms with van der Waals surface area (Å²) in [5.74, 6) is -0.194. The standard InChI is InChI=1S/C17H17N3O/c1-11-12(2)20(3)16-8-7-13(10-14(11)16)19-17(21)15-6-4-5-9-18-15/h4-10H,1-3H3,(H,19,21). The Labute approximate surface area is 123 Å². The predicted molar refractivity (Wildman–Crippen MR) is 84.6 cm³/mol. The lowest BCUT2D eigenvalue weighted by atomic mass is 10.1. The molecule has 1 amide bonds. The van der Waals surface area contributed by atoms with Crippen LogP contribution in [0.1, 0.15) is 21.7 Å². The number of benzene rings is 1. The highest BCUT2D eigenvalue weighted by atomic mass is 16.1. The van der Waals surface area contributed by atoms with Gasteiger partial charge in [0.2, 0.25) is 0 Å². The number of nitrogens with one attached hydrogen (secondary N) is 1. The maximum Gasteiger partial charge on any atom is 0.274 e. The quantitative estimate of drug-likeness (QED) is 0.781. The van der Waals surface area contributed by atoms with Gasteiger partial charge < -0.3 is 9.88 Å². The van der Waals surface area contributed by atoms with Crippen molar-refractivity contribution in [2.45, 2.75) is 13.8 Å². The second-order valence-electron chi connectivity index (χ2n) is 5.17. The molecule has 3 aromatic rings. The molecule has 0 aliphatic rings. The number of rotatable bonds is 2. The van der Waals surface area contributed by atoms with Gasteiger partial charge in [-0.2, -0.15) is 0 Å². The fourth-order valence-electron chi connectivity index (χ4n) is 2.53. The zero-order chi connectivity index (χ0) is 15.0. The third kappa shape index (κ3) is 2.29. The molecule has 4 nitrogen and oxygen atoms in total. The molecular weight excluding hydrogens is 262 g/mol. The summed E-state index contributed by atoms with van der Waals surface area (Å²) in [6.45, 7) is 4.20. The van der Waals surface area contributed by atoms with Crippen LogP contribution in [-0.4, -0.2) is 15.5 Å². The van der Waals surface area contributed by atoms with Crippen LogP contribution in [0.25, 0.3) is 10.9 Å². The summed E-state index contributed by atoms with van der Waals surface area (Å²) in [5.41, 5.74) is 4.84. The van der Waals surface area contributed by atoms with E-state index < -0.39 is 0 Å². The van der Waals surface area contributed by atoms with Crippen molar-refractivity contribution in [2.24, 2.45) is 7.05 Å². The molecule has 3 rings (SSSR count). The highest BCUT2D eigenvalue weighted by Gasteiger charge is 2.11. The van der Waals surface area contributed by atoms with E-state index in [0.717, 1.165) is 11.1 Å². The first kappa shape index (κ1) is 13.4. The molecule has 0 atom stereocenters. The normalized spacial score (nSPS) is 10.8. The highest BCUT2D eigenvalue weighted by molar-refractivity contribution is 6.04. The third-order valence-electron chi connectivity index (χ3n) is 3.96. The van der Waals surface area contributed by atoms with E-state index in [0.29, 0.717) is 5.69 Å². The van der Waals surface area contributed by atoms with Crippen LogP contribution >= 0.6 is 0 Å². The van der Waals surface area contributed by atoms with Gasteiger partial charge in [0.15, 0.2) is 0 Å². The summed E-state index contributed by atoms with van der Waals surface area (Å²) in [5, 5.41) is 4.06. The average molecular weight is 279 g/mol. The fraction of sp³-hybridized carbons (Fsp3) is 0.176. The van der Waals surface area contributed by atoms with E-state index in [1.165, 1.54) is 16.8 Å². The number of carbonyl (C=O) groups excluding carboxylic acids is 1. The molecule has 0 saturated heterocycles. The Bertz CT molecular complexity index is 819. The average Bonchev–Trinajstić information content (AvgIpc) is 2.73. The predicted octanol–water partition coefficient (Wildman–Crippen LogP) is 3.44. The Balaban J connectivity index is 1.95. The van der Waals surface area contributed by atoms with Crippen molar-refractivity contribution >= 4 is 22.5 Å². The number of fused-ring (bicyclic) bond motifs is 1. The molecule has 106 valence electrons. The maximum absolute atomic E-state index is 12.1. The molecule has 0 fully saturated rings. The maximum atomic E-state index is 12.1. The Morgan fingerprint density at radius 1 is 1.19 bits per heavy atom. The molecule has 0 aliphatic heterocycles. The SMILES string of the molecule is Cc1c(C)n(C)c2ccc(NC(=O)c3ccccn3)cc12. The van der Waals surface area contributed by atoms with Crippen LogP contribution in [0.15, 0.2) is 42.6 Å². The van der Waals surface area contributed by atoms with Crippen LogP contribution in [0.5, 0.6) is 0 Å². The first-order chi connectivity index (χ1) is 10.1. The topological polar surface area (TPSA) is 46.9 Å². The van der Waals surface area contributed by atoms with Crippen LogP contribution in [-0.2, 0) is 7.05 Å². The van der Waals surface area contributed by atoms with E-state index in [2.05, 4.69) is 35.8 Å². The minimum absolute atomic E-state index is 0.194. The molecule has 0 unspecified atom stereocenters. The van der Waals surface area contributed by atoms with E-state index in [-0.39, 0.29) is 5.91 Å². The Hall–Kier alpha value is -2.62. The number of amides is 1. The molecule has 2 heterocycles. The molecule has 0 radical (unpaired) electrons. The number of nitrogens with zero attached hydrogens (tertiary/aromatic N) is 2. The lowest BCUT2D eigenvalue weighted by molar-refractivity contribution is 0.102. The Morgan fingerprint density at radius 2 is 2.00 bits per heavy atom. The molecule has 4 heteroatoms. The van der Waals surface area contributed by atoms with E-state index in [1.54, 1.807) is 24.4 Å². The third-order valence-corrected chi connectivity index (χ3v) is 3.96. The van der Waals surface area contributed by atoms with E-state index in [1.807, 2.05) is 18.2 Å². The van der Waals surface area contributed by atoms with Crippen molar-refractivity contribution in [3.05, 3.63) is 59.5 Å². The van der Waals surface area contributed by atoms with Crippen LogP contribution < -0.4 is 5.32 Å². The molecular formula is C17H17N3O. The fourth-order valence-corrected chi connectivity index (χ4v) is 2.53. The van der Waals surface area contributed by atoms with Crippen LogP contribution in [0.2, 0.25) is 0 Å². The van der Waals surface area contributed by atoms with Crippen molar-refractivity contribution in [1.29, 1.82) is 0 Å². The number of hydrogen-bond acceptors (Lipinski definition) is 2. The van der Waals surface area contributed by atoms with Gasteiger partial charge in [-0.25, -0.2) is 0 Å². The van der Waals surface area contributed by atoms with Crippen LogP contribution in [0.4, 0.5) is 5.69 Å². The van der Waals surface area contributed by atoms with Gasteiger partial charge in [0.1, 0.15) is 5.69 Å². The molecule has 1 aromatic carbocycles. The molecule has 0 saturated carbocycles. The Kier molecular flexibility index (Phi) is 3.22. The van der Waals surface area contributed by atoms with Crippen LogP contribution in [0, 0.1) is 13.8 Å². The first-order valence-corrected chi connectivity index (χ1v) is 6.86. The number of carbonyl (C=O) groups is 1. The van der Waals surface area contributed by atoms with Gasteiger partial charge in [-0.15, -0.1) is 0 Å². The largest absolute Gasteiger partial charge is 0.348 e. The summed E-state index contributed by atoms with van der Waals surface area (Å²) in [6, 6.07) is 11.3. The second kappa shape index (κ2) is 5.05. The van der Waals surface area contributed by atoms with E-state index in [4.69, 9.17) is 0 Å². The first-order valence-electron chi connectivity index (χ1n) is 6.86. The number of hydrogen-bond donors (Lipinski definition) is 1. The monoisotopic (exact) mass is 279 g/mol. The second-order valence-corrected chi connectivity index (χ2v) is 5.17. The van der Waals surface area contributed by atoms with Crippen molar-refractivity contribution in [3.8, 4) is 0 Å². The smallest absolute Gasteiger partial charge is 0.274 e. The van der Waals surface area contributed by atoms with Gasteiger partial charge in [-0.05, 0) is 49.7 Å². The lowest BCUT2D eigenvalue weighted by Crippen LogP contribution is -2.13. The Morgan fingerprint density at radius 3 is 2.71 bits per heavy atom. The van der Waals surface area contributed by atoms with Crippen molar-refractivity contribution < 1.29 is 4.79 Å². The number of anilines is 1.